The van der Waals surface area contributed by atoms with Gasteiger partial charge in [-0.1, -0.05) is 162 Å². The van der Waals surface area contributed by atoms with Gasteiger partial charge in [0, 0.05) is 0 Å². The second-order valence-corrected chi connectivity index (χ2v) is 17.3. The zero-order valence-corrected chi connectivity index (χ0v) is 38.6. The van der Waals surface area contributed by atoms with E-state index >= 15 is 0 Å². The predicted octanol–water partition coefficient (Wildman–Crippen LogP) is 10.7. The van der Waals surface area contributed by atoms with Crippen LogP contribution in [0.15, 0.2) is 170 Å². The summed E-state index contributed by atoms with van der Waals surface area (Å²) >= 11 is 0. The normalized spacial score (nSPS) is 11.3. The Morgan fingerprint density at radius 1 is 0.383 bits per heavy atom. The van der Waals surface area contributed by atoms with Crippen molar-refractivity contribution in [2.75, 3.05) is 0 Å². The second kappa shape index (κ2) is 18.9. The maximum atomic E-state index is 3.38. The third-order valence-electron chi connectivity index (χ3n) is 11.3. The molecule has 10 rings (SSSR count). The molecular formula is C57H52Cl2Ti-4. The van der Waals surface area contributed by atoms with E-state index in [1.54, 1.807) is 0 Å². The van der Waals surface area contributed by atoms with E-state index in [1.807, 2.05) is 0 Å². The number of halogens is 2. The topological polar surface area (TPSA) is 0 Å². The predicted molar refractivity (Wildman–Crippen MR) is 253 cm³/mol. The number of fused-ring (bicyclic) bond motifs is 6. The van der Waals surface area contributed by atoms with Crippen LogP contribution in [0.25, 0.3) is 86.9 Å². The molecule has 0 atom stereocenters. The largest absolute Gasteiger partial charge is 2.00 e. The average molecular weight is 856 g/mol. The minimum Gasteiger partial charge on any atom is -1.00 e. The minimum atomic E-state index is 0. The van der Waals surface area contributed by atoms with E-state index in [1.165, 1.54) is 98.0 Å². The van der Waals surface area contributed by atoms with E-state index in [9.17, 15) is 0 Å². The first-order valence-electron chi connectivity index (χ1n) is 20.3. The SMILES string of the molecule is CC(C)(C)c1cc2c(-c3c4ccccc4cc4ccccc34)cccc2[cH-]1.CC(C)(C)c1cc2c(-c3c4ccccc4cc4ccccc34)cccc2[cH-]1.[CH2-]C[CH2-].[Cl-].[Cl-].[Ti+2]. The van der Waals surface area contributed by atoms with Gasteiger partial charge in [0.25, 0.3) is 0 Å². The van der Waals surface area contributed by atoms with Gasteiger partial charge in [0.2, 0.25) is 0 Å². The molecule has 10 aromatic rings. The Balaban J connectivity index is 0.000000204. The summed E-state index contributed by atoms with van der Waals surface area (Å²) in [6, 6.07) is 62.5. The van der Waals surface area contributed by atoms with E-state index in [-0.39, 0.29) is 57.4 Å². The van der Waals surface area contributed by atoms with Crippen LogP contribution in [0.5, 0.6) is 0 Å². The number of hydrogen-bond donors (Lipinski definition) is 0. The first-order chi connectivity index (χ1) is 27.5. The Morgan fingerprint density at radius 2 is 0.667 bits per heavy atom. The van der Waals surface area contributed by atoms with Gasteiger partial charge < -0.3 is 45.1 Å². The Labute approximate surface area is 384 Å². The van der Waals surface area contributed by atoms with Gasteiger partial charge in [0.15, 0.2) is 0 Å². The van der Waals surface area contributed by atoms with Crippen LogP contribution < -0.4 is 24.8 Å². The summed E-state index contributed by atoms with van der Waals surface area (Å²) in [4.78, 5) is 0. The van der Waals surface area contributed by atoms with Crippen molar-refractivity contribution in [2.24, 2.45) is 0 Å². The molecule has 0 aliphatic heterocycles. The van der Waals surface area contributed by atoms with Crippen molar-refractivity contribution in [3.8, 4) is 22.3 Å². The van der Waals surface area contributed by atoms with Crippen molar-refractivity contribution in [3.05, 3.63) is 195 Å². The third kappa shape index (κ3) is 9.00. The van der Waals surface area contributed by atoms with Crippen molar-refractivity contribution in [3.63, 3.8) is 0 Å². The van der Waals surface area contributed by atoms with E-state index in [4.69, 9.17) is 0 Å². The molecule has 0 aliphatic carbocycles. The van der Waals surface area contributed by atoms with Gasteiger partial charge in [0.1, 0.15) is 0 Å². The van der Waals surface area contributed by atoms with Crippen molar-refractivity contribution < 1.29 is 46.5 Å². The molecule has 0 spiro atoms. The molecule has 0 saturated heterocycles. The van der Waals surface area contributed by atoms with Gasteiger partial charge >= 0.3 is 21.7 Å². The summed E-state index contributed by atoms with van der Waals surface area (Å²) in [7, 11) is 0. The van der Waals surface area contributed by atoms with Gasteiger partial charge in [-0.05, 0) is 77.2 Å². The van der Waals surface area contributed by atoms with Crippen molar-refractivity contribution >= 4 is 64.6 Å². The molecule has 3 heteroatoms. The maximum absolute atomic E-state index is 3.38. The second-order valence-electron chi connectivity index (χ2n) is 17.3. The first-order valence-corrected chi connectivity index (χ1v) is 20.3. The van der Waals surface area contributed by atoms with Gasteiger partial charge in [-0.3, -0.25) is 0 Å². The molecule has 0 nitrogen and oxygen atoms in total. The summed E-state index contributed by atoms with van der Waals surface area (Å²) in [5.74, 6) is 0. The fourth-order valence-corrected chi connectivity index (χ4v) is 8.38. The fourth-order valence-electron chi connectivity index (χ4n) is 8.38. The standard InChI is InChI=1S/2C27H23.C3H6.2ClH.Ti/c2*1-27(2,3)21-16-20-11-8-14-24(25(20)17-21)26-22-12-6-4-9-18(22)15-19-10-5-7-13-23(19)26;1-3-2;;;/h2*4-17H,1-3H3;1-3H2;2*1H;/q2*-1;-2;;;+2/p-2. The van der Waals surface area contributed by atoms with Crippen molar-refractivity contribution in [2.45, 2.75) is 58.8 Å². The summed E-state index contributed by atoms with van der Waals surface area (Å²) < 4.78 is 0. The molecule has 0 unspecified atom stereocenters. The van der Waals surface area contributed by atoms with Crippen LogP contribution in [-0.4, -0.2) is 0 Å². The molecule has 0 saturated carbocycles. The van der Waals surface area contributed by atoms with E-state index in [0.29, 0.717) is 0 Å². The van der Waals surface area contributed by atoms with Gasteiger partial charge in [-0.25, -0.2) is 0 Å². The smallest absolute Gasteiger partial charge is 1.00 e. The molecule has 0 radical (unpaired) electrons. The quantitative estimate of drug-likeness (QED) is 0.0923. The van der Waals surface area contributed by atoms with Crippen LogP contribution in [0.3, 0.4) is 0 Å². The molecule has 0 bridgehead atoms. The van der Waals surface area contributed by atoms with Crippen LogP contribution in [0.2, 0.25) is 0 Å². The molecule has 0 N–H and O–H groups in total. The van der Waals surface area contributed by atoms with Crippen LogP contribution in [0.4, 0.5) is 0 Å². The average Bonchev–Trinajstić information content (AvgIpc) is 3.86. The van der Waals surface area contributed by atoms with Crippen LogP contribution in [0.1, 0.15) is 59.1 Å². The molecule has 0 amide bonds. The number of hydrogen-bond acceptors (Lipinski definition) is 0. The summed E-state index contributed by atoms with van der Waals surface area (Å²) in [6.07, 6.45) is 0.750. The zero-order chi connectivity index (χ0) is 39.9. The maximum Gasteiger partial charge on any atom is 2.00 e. The molecule has 302 valence electrons. The fraction of sp³-hybridized carbons (Fsp3) is 0.158. The molecule has 10 aromatic carbocycles. The molecule has 0 fully saturated rings. The van der Waals surface area contributed by atoms with Crippen LogP contribution in [0, 0.1) is 13.8 Å². The van der Waals surface area contributed by atoms with E-state index < -0.39 is 0 Å². The van der Waals surface area contributed by atoms with Gasteiger partial charge in [0.05, 0.1) is 0 Å². The Kier molecular flexibility index (Phi) is 14.6. The van der Waals surface area contributed by atoms with Crippen molar-refractivity contribution in [1.29, 1.82) is 0 Å². The Hall–Kier alpha value is -4.69. The summed E-state index contributed by atoms with van der Waals surface area (Å²) in [6.45, 7) is 20.5. The van der Waals surface area contributed by atoms with Gasteiger partial charge in [-0.15, -0.1) is 69.1 Å². The third-order valence-corrected chi connectivity index (χ3v) is 11.3. The van der Waals surface area contributed by atoms with E-state index in [2.05, 4.69) is 225 Å². The van der Waals surface area contributed by atoms with E-state index in [0.717, 1.165) is 6.42 Å². The van der Waals surface area contributed by atoms with Crippen molar-refractivity contribution in [1.82, 2.24) is 0 Å². The monoisotopic (exact) mass is 854 g/mol. The Bertz CT molecular complexity index is 2720. The molecule has 0 aromatic heterocycles. The minimum absolute atomic E-state index is 0. The van der Waals surface area contributed by atoms with Gasteiger partial charge in [-0.2, -0.15) is 12.1 Å². The molecule has 0 aliphatic rings. The zero-order valence-electron chi connectivity index (χ0n) is 35.5. The molecular weight excluding hydrogens is 803 g/mol. The summed E-state index contributed by atoms with van der Waals surface area (Å²) in [5.41, 5.74) is 8.45. The molecule has 0 heterocycles. The first kappa shape index (κ1) is 46.4. The van der Waals surface area contributed by atoms with Crippen LogP contribution >= 0.6 is 0 Å². The number of benzene rings is 8. The summed E-state index contributed by atoms with van der Waals surface area (Å²) in [5, 5.41) is 15.8. The Morgan fingerprint density at radius 3 is 0.950 bits per heavy atom. The molecule has 60 heavy (non-hydrogen) atoms. The van der Waals surface area contributed by atoms with Crippen LogP contribution in [-0.2, 0) is 32.5 Å². The number of rotatable bonds is 2.